The maximum atomic E-state index is 3.66. The van der Waals surface area contributed by atoms with Gasteiger partial charge in [0, 0.05) is 5.33 Å². The van der Waals surface area contributed by atoms with Crippen molar-refractivity contribution in [1.82, 2.24) is 0 Å². The highest BCUT2D eigenvalue weighted by Crippen LogP contribution is 2.34. The Labute approximate surface area is 92.6 Å². The van der Waals surface area contributed by atoms with Gasteiger partial charge >= 0.3 is 0 Å². The fraction of sp³-hybridized carbons (Fsp3) is 1.00. The molecule has 0 spiro atoms. The topological polar surface area (TPSA) is 0 Å². The smallest absolute Gasteiger partial charge is 0.00877 e. The number of rotatable bonds is 7. The van der Waals surface area contributed by atoms with E-state index < -0.39 is 0 Å². The van der Waals surface area contributed by atoms with E-state index in [-0.39, 0.29) is 0 Å². The Morgan fingerprint density at radius 2 is 1.69 bits per heavy atom. The molecule has 0 aromatic carbocycles. The van der Waals surface area contributed by atoms with Crippen LogP contribution in [0.3, 0.4) is 0 Å². The van der Waals surface area contributed by atoms with Gasteiger partial charge in [0.1, 0.15) is 0 Å². The van der Waals surface area contributed by atoms with Crippen molar-refractivity contribution in [3.63, 3.8) is 0 Å². The number of halogens is 1. The third-order valence-electron chi connectivity index (χ3n) is 3.27. The third-order valence-corrected chi connectivity index (χ3v) is 4.46. The molecule has 0 fully saturated rings. The van der Waals surface area contributed by atoms with Crippen LogP contribution in [0.1, 0.15) is 59.8 Å². The lowest BCUT2D eigenvalue weighted by atomic mass is 9.79. The monoisotopic (exact) mass is 248 g/mol. The lowest BCUT2D eigenvalue weighted by Gasteiger charge is -2.29. The minimum atomic E-state index is 0.578. The second kappa shape index (κ2) is 6.86. The molecule has 0 aliphatic rings. The van der Waals surface area contributed by atoms with Crippen molar-refractivity contribution in [2.45, 2.75) is 59.8 Å². The third kappa shape index (κ3) is 5.05. The van der Waals surface area contributed by atoms with Crippen molar-refractivity contribution in [2.24, 2.45) is 11.3 Å². The summed E-state index contributed by atoms with van der Waals surface area (Å²) in [6.07, 6.45) is 6.79. The number of hydrogen-bond donors (Lipinski definition) is 0. The Balaban J connectivity index is 3.81. The summed E-state index contributed by atoms with van der Waals surface area (Å²) in [7, 11) is 0. The molecule has 0 nitrogen and oxygen atoms in total. The predicted octanol–water partition coefficient (Wildman–Crippen LogP) is 5.01. The van der Waals surface area contributed by atoms with Crippen molar-refractivity contribution in [3.05, 3.63) is 0 Å². The lowest BCUT2D eigenvalue weighted by molar-refractivity contribution is 0.267. The minimum absolute atomic E-state index is 0.578. The van der Waals surface area contributed by atoms with Crippen molar-refractivity contribution >= 4 is 15.9 Å². The summed E-state index contributed by atoms with van der Waals surface area (Å²) in [5, 5.41) is 1.17. The SMILES string of the molecule is CCC(CC)(CBr)CCCC(C)C. The molecule has 1 heteroatoms. The molecule has 0 unspecified atom stereocenters. The van der Waals surface area contributed by atoms with E-state index >= 15 is 0 Å². The molecule has 0 radical (unpaired) electrons. The summed E-state index contributed by atoms with van der Waals surface area (Å²) >= 11 is 3.66. The second-order valence-electron chi connectivity index (χ2n) is 4.63. The summed E-state index contributed by atoms with van der Waals surface area (Å²) < 4.78 is 0. The Morgan fingerprint density at radius 1 is 1.15 bits per heavy atom. The van der Waals surface area contributed by atoms with Crippen LogP contribution in [0.2, 0.25) is 0 Å². The zero-order valence-corrected chi connectivity index (χ0v) is 11.3. The highest BCUT2D eigenvalue weighted by atomic mass is 79.9. The van der Waals surface area contributed by atoms with Crippen LogP contribution in [0.5, 0.6) is 0 Å². The summed E-state index contributed by atoms with van der Waals surface area (Å²) in [5.74, 6) is 0.863. The molecule has 0 N–H and O–H groups in total. The molecule has 80 valence electrons. The average Bonchev–Trinajstić information content (AvgIpc) is 2.13. The Kier molecular flexibility index (Phi) is 7.12. The molecule has 0 atom stereocenters. The fourth-order valence-corrected chi connectivity index (χ4v) is 2.82. The Hall–Kier alpha value is 0.480. The van der Waals surface area contributed by atoms with Crippen LogP contribution in [0, 0.1) is 11.3 Å². The van der Waals surface area contributed by atoms with E-state index in [9.17, 15) is 0 Å². The quantitative estimate of drug-likeness (QED) is 0.556. The standard InChI is InChI=1S/C12H25Br/c1-5-12(6-2,10-13)9-7-8-11(3)4/h11H,5-10H2,1-4H3. The molecular formula is C12H25Br. The van der Waals surface area contributed by atoms with Gasteiger partial charge in [-0.2, -0.15) is 0 Å². The van der Waals surface area contributed by atoms with Crippen LogP contribution >= 0.6 is 15.9 Å². The zero-order valence-electron chi connectivity index (χ0n) is 9.70. The first-order chi connectivity index (χ1) is 6.10. The van der Waals surface area contributed by atoms with Gasteiger partial charge in [0.15, 0.2) is 0 Å². The van der Waals surface area contributed by atoms with Crippen LogP contribution in [0.15, 0.2) is 0 Å². The molecule has 0 aromatic heterocycles. The first-order valence-electron chi connectivity index (χ1n) is 5.66. The van der Waals surface area contributed by atoms with Crippen LogP contribution in [-0.4, -0.2) is 5.33 Å². The van der Waals surface area contributed by atoms with Gasteiger partial charge in [0.2, 0.25) is 0 Å². The Bertz CT molecular complexity index is 106. The highest BCUT2D eigenvalue weighted by Gasteiger charge is 2.23. The van der Waals surface area contributed by atoms with E-state index in [4.69, 9.17) is 0 Å². The first kappa shape index (κ1) is 13.5. The zero-order chi connectivity index (χ0) is 10.3. The van der Waals surface area contributed by atoms with Gasteiger partial charge in [0.25, 0.3) is 0 Å². The van der Waals surface area contributed by atoms with Gasteiger partial charge in [-0.3, -0.25) is 0 Å². The highest BCUT2D eigenvalue weighted by molar-refractivity contribution is 9.09. The van der Waals surface area contributed by atoms with E-state index in [1.165, 1.54) is 37.4 Å². The summed E-state index contributed by atoms with van der Waals surface area (Å²) in [6.45, 7) is 9.27. The molecule has 13 heavy (non-hydrogen) atoms. The molecule has 0 saturated heterocycles. The Morgan fingerprint density at radius 3 is 2.00 bits per heavy atom. The molecule has 0 aliphatic carbocycles. The van der Waals surface area contributed by atoms with Crippen LogP contribution in [0.25, 0.3) is 0 Å². The van der Waals surface area contributed by atoms with E-state index in [0.29, 0.717) is 5.41 Å². The molecule has 0 heterocycles. The molecule has 0 rings (SSSR count). The van der Waals surface area contributed by atoms with Crippen LogP contribution < -0.4 is 0 Å². The van der Waals surface area contributed by atoms with E-state index in [1.807, 2.05) is 0 Å². The van der Waals surface area contributed by atoms with Crippen LogP contribution in [0.4, 0.5) is 0 Å². The molecule has 0 saturated carbocycles. The lowest BCUT2D eigenvalue weighted by Crippen LogP contribution is -2.20. The summed E-state index contributed by atoms with van der Waals surface area (Å²) in [5.41, 5.74) is 0.578. The van der Waals surface area contributed by atoms with Crippen molar-refractivity contribution in [1.29, 1.82) is 0 Å². The van der Waals surface area contributed by atoms with E-state index in [2.05, 4.69) is 43.6 Å². The number of alkyl halides is 1. The van der Waals surface area contributed by atoms with Crippen molar-refractivity contribution < 1.29 is 0 Å². The van der Waals surface area contributed by atoms with E-state index in [1.54, 1.807) is 0 Å². The summed E-state index contributed by atoms with van der Waals surface area (Å²) in [4.78, 5) is 0. The summed E-state index contributed by atoms with van der Waals surface area (Å²) in [6, 6.07) is 0. The average molecular weight is 249 g/mol. The number of hydrogen-bond acceptors (Lipinski definition) is 0. The molecule has 0 aromatic rings. The predicted molar refractivity (Wildman–Crippen MR) is 65.5 cm³/mol. The maximum absolute atomic E-state index is 3.66. The molecule has 0 bridgehead atoms. The van der Waals surface area contributed by atoms with Gasteiger partial charge in [-0.05, 0) is 30.6 Å². The first-order valence-corrected chi connectivity index (χ1v) is 6.78. The van der Waals surface area contributed by atoms with Gasteiger partial charge < -0.3 is 0 Å². The molecule has 0 aliphatic heterocycles. The van der Waals surface area contributed by atoms with Gasteiger partial charge in [-0.25, -0.2) is 0 Å². The van der Waals surface area contributed by atoms with Gasteiger partial charge in [0.05, 0.1) is 0 Å². The maximum Gasteiger partial charge on any atom is 0.00877 e. The minimum Gasteiger partial charge on any atom is -0.0922 e. The van der Waals surface area contributed by atoms with Crippen LogP contribution in [-0.2, 0) is 0 Å². The van der Waals surface area contributed by atoms with Gasteiger partial charge in [-0.15, -0.1) is 0 Å². The van der Waals surface area contributed by atoms with Gasteiger partial charge in [-0.1, -0.05) is 56.5 Å². The second-order valence-corrected chi connectivity index (χ2v) is 5.19. The normalized spacial score (nSPS) is 12.5. The fourth-order valence-electron chi connectivity index (χ4n) is 1.74. The van der Waals surface area contributed by atoms with Crippen molar-refractivity contribution in [3.8, 4) is 0 Å². The van der Waals surface area contributed by atoms with Crippen molar-refractivity contribution in [2.75, 3.05) is 5.33 Å². The molecule has 0 amide bonds. The molecular weight excluding hydrogens is 224 g/mol. The largest absolute Gasteiger partial charge is 0.0922 e. The van der Waals surface area contributed by atoms with E-state index in [0.717, 1.165) is 5.92 Å².